The van der Waals surface area contributed by atoms with Crippen LogP contribution in [-0.4, -0.2) is 62.3 Å². The molecule has 0 bridgehead atoms. The number of benzene rings is 1. The van der Waals surface area contributed by atoms with Crippen LogP contribution in [0.2, 0.25) is 0 Å². The van der Waals surface area contributed by atoms with Crippen molar-refractivity contribution < 1.29 is 19.1 Å². The third-order valence-electron chi connectivity index (χ3n) is 5.67. The van der Waals surface area contributed by atoms with E-state index in [4.69, 9.17) is 9.47 Å². The van der Waals surface area contributed by atoms with Gasteiger partial charge in [-0.1, -0.05) is 17.7 Å². The Bertz CT molecular complexity index is 672. The van der Waals surface area contributed by atoms with E-state index in [0.29, 0.717) is 44.9 Å². The van der Waals surface area contributed by atoms with E-state index in [0.717, 1.165) is 24.8 Å². The number of likely N-dealkylation sites (tertiary alicyclic amines) is 1. The second-order valence-electron chi connectivity index (χ2n) is 7.75. The lowest BCUT2D eigenvalue weighted by Gasteiger charge is -2.33. The fraction of sp³-hybridized carbons (Fsp3) is 0.619. The Morgan fingerprint density at radius 3 is 2.81 bits per heavy atom. The van der Waals surface area contributed by atoms with Gasteiger partial charge >= 0.3 is 0 Å². The Labute approximate surface area is 161 Å². The van der Waals surface area contributed by atoms with Gasteiger partial charge < -0.3 is 19.7 Å². The Morgan fingerprint density at radius 1 is 1.33 bits per heavy atom. The number of ether oxygens (including phenoxy) is 2. The molecular formula is C21H30N2O4. The zero-order valence-electron chi connectivity index (χ0n) is 16.3. The van der Waals surface area contributed by atoms with Crippen LogP contribution in [-0.2, 0) is 14.3 Å². The van der Waals surface area contributed by atoms with Crippen LogP contribution in [0.4, 0.5) is 0 Å². The smallest absolute Gasteiger partial charge is 0.253 e. The van der Waals surface area contributed by atoms with Gasteiger partial charge in [0.25, 0.3) is 5.91 Å². The highest BCUT2D eigenvalue weighted by atomic mass is 16.5. The summed E-state index contributed by atoms with van der Waals surface area (Å²) in [5, 5.41) is 3.28. The molecule has 0 radical (unpaired) electrons. The first kappa shape index (κ1) is 19.8. The van der Waals surface area contributed by atoms with Gasteiger partial charge in [0.1, 0.15) is 0 Å². The van der Waals surface area contributed by atoms with Crippen LogP contribution < -0.4 is 5.32 Å². The maximum Gasteiger partial charge on any atom is 0.253 e. The molecule has 0 aliphatic carbocycles. The topological polar surface area (TPSA) is 67.9 Å². The van der Waals surface area contributed by atoms with Crippen molar-refractivity contribution in [3.8, 4) is 0 Å². The lowest BCUT2D eigenvalue weighted by molar-refractivity contribution is -0.130. The largest absolute Gasteiger partial charge is 0.385 e. The van der Waals surface area contributed by atoms with Crippen LogP contribution in [0.5, 0.6) is 0 Å². The quantitative estimate of drug-likeness (QED) is 0.829. The van der Waals surface area contributed by atoms with Crippen LogP contribution in [0, 0.1) is 12.8 Å². The molecule has 1 N–H and O–H groups in total. The number of methoxy groups -OCH3 is 1. The summed E-state index contributed by atoms with van der Waals surface area (Å²) in [6.45, 7) is 4.99. The first-order chi connectivity index (χ1) is 13.0. The summed E-state index contributed by atoms with van der Waals surface area (Å²) in [4.78, 5) is 27.6. The first-order valence-corrected chi connectivity index (χ1v) is 9.78. The summed E-state index contributed by atoms with van der Waals surface area (Å²) >= 11 is 0. The molecule has 0 saturated carbocycles. The van der Waals surface area contributed by atoms with Crippen LogP contribution in [0.3, 0.4) is 0 Å². The highest BCUT2D eigenvalue weighted by Gasteiger charge is 2.42. The summed E-state index contributed by atoms with van der Waals surface area (Å²) in [5.74, 6) is 0.109. The number of carbonyl (C=O) groups is 2. The molecule has 2 aliphatic heterocycles. The van der Waals surface area contributed by atoms with Crippen molar-refractivity contribution in [3.63, 3.8) is 0 Å². The molecular weight excluding hydrogens is 344 g/mol. The summed E-state index contributed by atoms with van der Waals surface area (Å²) in [6.07, 6.45) is 2.98. The molecule has 1 unspecified atom stereocenters. The minimum Gasteiger partial charge on any atom is -0.385 e. The normalized spacial score (nSPS) is 23.4. The zero-order valence-corrected chi connectivity index (χ0v) is 16.3. The van der Waals surface area contributed by atoms with E-state index in [1.807, 2.05) is 36.1 Å². The van der Waals surface area contributed by atoms with E-state index in [-0.39, 0.29) is 17.7 Å². The van der Waals surface area contributed by atoms with Crippen molar-refractivity contribution in [2.24, 2.45) is 5.92 Å². The average Bonchev–Trinajstić information content (AvgIpc) is 3.10. The minimum atomic E-state index is -0.412. The Balaban J connectivity index is 1.69. The second kappa shape index (κ2) is 8.85. The van der Waals surface area contributed by atoms with Crippen molar-refractivity contribution in [2.75, 3.05) is 40.0 Å². The average molecular weight is 374 g/mol. The highest BCUT2D eigenvalue weighted by molar-refractivity contribution is 5.94. The molecule has 148 valence electrons. The van der Waals surface area contributed by atoms with Crippen molar-refractivity contribution in [1.82, 2.24) is 10.2 Å². The fourth-order valence-corrected chi connectivity index (χ4v) is 4.00. The first-order valence-electron chi connectivity index (χ1n) is 9.78. The predicted molar refractivity (Wildman–Crippen MR) is 103 cm³/mol. The van der Waals surface area contributed by atoms with E-state index < -0.39 is 5.54 Å². The van der Waals surface area contributed by atoms with E-state index in [1.54, 1.807) is 7.11 Å². The van der Waals surface area contributed by atoms with Gasteiger partial charge in [-0.25, -0.2) is 0 Å². The van der Waals surface area contributed by atoms with E-state index >= 15 is 0 Å². The van der Waals surface area contributed by atoms with Crippen molar-refractivity contribution in [3.05, 3.63) is 35.4 Å². The molecule has 1 aromatic carbocycles. The van der Waals surface area contributed by atoms with Crippen LogP contribution in [0.25, 0.3) is 0 Å². The zero-order chi connectivity index (χ0) is 19.3. The van der Waals surface area contributed by atoms with Gasteiger partial charge in [0.15, 0.2) is 0 Å². The second-order valence-corrected chi connectivity index (χ2v) is 7.75. The van der Waals surface area contributed by atoms with Crippen molar-refractivity contribution in [1.29, 1.82) is 0 Å². The van der Waals surface area contributed by atoms with E-state index in [2.05, 4.69) is 5.32 Å². The maximum absolute atomic E-state index is 12.9. The summed E-state index contributed by atoms with van der Waals surface area (Å²) in [7, 11) is 1.67. The lowest BCUT2D eigenvalue weighted by Crippen LogP contribution is -2.53. The third-order valence-corrected chi connectivity index (χ3v) is 5.67. The van der Waals surface area contributed by atoms with Crippen LogP contribution in [0.15, 0.2) is 24.3 Å². The van der Waals surface area contributed by atoms with Gasteiger partial charge in [-0.3, -0.25) is 9.59 Å². The number of carbonyl (C=O) groups excluding carboxylic acids is 2. The Hall–Kier alpha value is -1.92. The molecule has 27 heavy (non-hydrogen) atoms. The molecule has 2 heterocycles. The van der Waals surface area contributed by atoms with Gasteiger partial charge in [-0.05, 0) is 44.7 Å². The molecule has 6 heteroatoms. The molecule has 1 aromatic rings. The predicted octanol–water partition coefficient (Wildman–Crippen LogP) is 2.16. The molecule has 2 amide bonds. The van der Waals surface area contributed by atoms with Crippen LogP contribution in [0.1, 0.15) is 41.6 Å². The van der Waals surface area contributed by atoms with E-state index in [9.17, 15) is 9.59 Å². The van der Waals surface area contributed by atoms with Gasteiger partial charge in [0.2, 0.25) is 5.91 Å². The molecule has 0 spiro atoms. The Morgan fingerprint density at radius 2 is 2.11 bits per heavy atom. The van der Waals surface area contributed by atoms with E-state index in [1.165, 1.54) is 0 Å². The SMILES string of the molecule is COCCC1(NC(=O)C2CCOCC2)CCN(C(=O)c2cccc(C)c2)C1. The highest BCUT2D eigenvalue weighted by Crippen LogP contribution is 2.28. The molecule has 1 atom stereocenters. The van der Waals surface area contributed by atoms with Gasteiger partial charge in [0, 0.05) is 51.5 Å². The summed E-state index contributed by atoms with van der Waals surface area (Å²) < 4.78 is 10.6. The third kappa shape index (κ3) is 4.87. The minimum absolute atomic E-state index is 0.000283. The number of rotatable bonds is 6. The number of amides is 2. The summed E-state index contributed by atoms with van der Waals surface area (Å²) in [5.41, 5.74) is 1.36. The van der Waals surface area contributed by atoms with Gasteiger partial charge in [0.05, 0.1) is 5.54 Å². The van der Waals surface area contributed by atoms with Crippen molar-refractivity contribution in [2.45, 2.75) is 38.1 Å². The lowest BCUT2D eigenvalue weighted by atomic mass is 9.91. The Kier molecular flexibility index (Phi) is 6.50. The number of hydrogen-bond donors (Lipinski definition) is 1. The molecule has 0 aromatic heterocycles. The number of hydrogen-bond acceptors (Lipinski definition) is 4. The van der Waals surface area contributed by atoms with Gasteiger partial charge in [-0.15, -0.1) is 0 Å². The molecule has 6 nitrogen and oxygen atoms in total. The van der Waals surface area contributed by atoms with Crippen LogP contribution >= 0.6 is 0 Å². The number of nitrogens with zero attached hydrogens (tertiary/aromatic N) is 1. The standard InChI is InChI=1S/C21H30N2O4/c1-16-4-3-5-18(14-16)20(25)23-10-8-21(15-23,9-13-26-2)22-19(24)17-6-11-27-12-7-17/h3-5,14,17H,6-13,15H2,1-2H3,(H,22,24). The molecule has 2 aliphatic rings. The molecule has 2 fully saturated rings. The number of aryl methyl sites for hydroxylation is 1. The maximum atomic E-state index is 12.9. The summed E-state index contributed by atoms with van der Waals surface area (Å²) in [6, 6.07) is 7.66. The molecule has 3 rings (SSSR count). The number of nitrogens with one attached hydrogen (secondary N) is 1. The monoisotopic (exact) mass is 374 g/mol. The van der Waals surface area contributed by atoms with Gasteiger partial charge in [-0.2, -0.15) is 0 Å². The van der Waals surface area contributed by atoms with Crippen molar-refractivity contribution >= 4 is 11.8 Å². The fourth-order valence-electron chi connectivity index (χ4n) is 4.00. The molecule has 2 saturated heterocycles.